The van der Waals surface area contributed by atoms with Crippen LogP contribution in [0.25, 0.3) is 10.4 Å². The summed E-state index contributed by atoms with van der Waals surface area (Å²) >= 11 is 0. The molecule has 42 heavy (non-hydrogen) atoms. The van der Waals surface area contributed by atoms with E-state index in [2.05, 4.69) is 10.0 Å². The first-order valence-electron chi connectivity index (χ1n) is 13.1. The predicted molar refractivity (Wildman–Crippen MR) is 140 cm³/mol. The molecule has 16 heteroatoms. The number of hydrogen-bond donors (Lipinski definition) is 4. The van der Waals surface area contributed by atoms with E-state index in [1.54, 1.807) is 43.3 Å². The molecule has 2 aromatic rings. The second-order valence-corrected chi connectivity index (χ2v) is 11.7. The molecule has 7 unspecified atom stereocenters. The first-order chi connectivity index (χ1) is 20.1. The predicted octanol–water partition coefficient (Wildman–Crippen LogP) is 0.403. The third-order valence-electron chi connectivity index (χ3n) is 7.22. The summed E-state index contributed by atoms with van der Waals surface area (Å²) in [6.07, 6.45) is -15.7. The minimum absolute atomic E-state index is 0.0412. The highest BCUT2D eigenvalue weighted by molar-refractivity contribution is 7.86. The number of aryl methyl sites for hydroxylation is 1. The normalized spacial score (nSPS) is 36.9. The van der Waals surface area contributed by atoms with Gasteiger partial charge in [-0.05, 0) is 24.6 Å². The zero-order valence-electron chi connectivity index (χ0n) is 22.3. The highest BCUT2D eigenvalue weighted by Gasteiger charge is 2.53. The molecule has 0 saturated carbocycles. The third-order valence-corrected chi connectivity index (χ3v) is 8.51. The monoisotopic (exact) mass is 609 g/mol. The molecule has 2 aromatic carbocycles. The Labute approximate surface area is 240 Å². The van der Waals surface area contributed by atoms with Crippen LogP contribution in [0.15, 0.2) is 64.6 Å². The highest BCUT2D eigenvalue weighted by atomic mass is 32.2. The maximum absolute atomic E-state index is 12.8. The highest BCUT2D eigenvalue weighted by Crippen LogP contribution is 2.36. The molecule has 3 aliphatic heterocycles. The van der Waals surface area contributed by atoms with Crippen molar-refractivity contribution >= 4 is 10.1 Å². The van der Waals surface area contributed by atoms with Crippen LogP contribution in [0.3, 0.4) is 0 Å². The van der Waals surface area contributed by atoms with Gasteiger partial charge in [0.25, 0.3) is 10.1 Å². The lowest BCUT2D eigenvalue weighted by molar-refractivity contribution is -0.378. The molecule has 0 spiro atoms. The van der Waals surface area contributed by atoms with Crippen LogP contribution in [0, 0.1) is 6.92 Å². The Bertz CT molecular complexity index is 1360. The maximum atomic E-state index is 12.8. The topological polar surface area (TPSA) is 219 Å². The molecule has 15 nitrogen and oxygen atoms in total. The van der Waals surface area contributed by atoms with E-state index < -0.39 is 84.4 Å². The number of ether oxygens (including phenoxy) is 5. The molecular formula is C26H31N3O12S. The summed E-state index contributed by atoms with van der Waals surface area (Å²) in [6.45, 7) is 1.01. The molecule has 3 aliphatic rings. The van der Waals surface area contributed by atoms with E-state index >= 15 is 0 Å². The Morgan fingerprint density at radius 3 is 2.36 bits per heavy atom. The van der Waals surface area contributed by atoms with Gasteiger partial charge in [-0.1, -0.05) is 53.1 Å². The average molecular weight is 610 g/mol. The van der Waals surface area contributed by atoms with Gasteiger partial charge in [0.05, 0.1) is 18.1 Å². The van der Waals surface area contributed by atoms with Crippen molar-refractivity contribution in [2.24, 2.45) is 5.11 Å². The van der Waals surface area contributed by atoms with E-state index in [0.29, 0.717) is 5.56 Å². The smallest absolute Gasteiger partial charge is 0.297 e. The Kier molecular flexibility index (Phi) is 9.44. The molecule has 0 amide bonds. The van der Waals surface area contributed by atoms with Crippen molar-refractivity contribution in [1.29, 1.82) is 0 Å². The molecule has 3 fully saturated rings. The molecule has 0 aromatic heterocycles. The van der Waals surface area contributed by atoms with Crippen molar-refractivity contribution in [2.75, 3.05) is 13.2 Å². The SMILES string of the molecule is Cc1ccc(S(=O)(=O)OCC2O[C@@H](N=[N+]=[N-])C(O)C(O)[C@@H]2O[C@@H]2OC3COC(c4ccccc4)O[C@@H]3C(O)C2O)cc1. The van der Waals surface area contributed by atoms with E-state index in [1.807, 2.05) is 6.07 Å². The Hall–Kier alpha value is -2.70. The fourth-order valence-electron chi connectivity index (χ4n) is 4.92. The van der Waals surface area contributed by atoms with Gasteiger partial charge < -0.3 is 44.1 Å². The maximum Gasteiger partial charge on any atom is 0.297 e. The summed E-state index contributed by atoms with van der Waals surface area (Å²) in [7, 11) is -4.29. The molecule has 11 atom stereocenters. The number of aliphatic hydroxyl groups is 4. The molecule has 0 radical (unpaired) electrons. The molecule has 5 rings (SSSR count). The second kappa shape index (κ2) is 12.9. The van der Waals surface area contributed by atoms with Gasteiger partial charge in [0.15, 0.2) is 18.8 Å². The standard InChI is InChI=1S/C26H31N3O12S/c1-13-7-9-15(10-8-13)42(34,35)37-12-17-23(18(30)20(32)24(38-17)28-29-27)41-26-21(33)19(31)22-16(39-26)11-36-25(40-22)14-5-3-2-4-6-14/h2-10,16-26,30-33H,11-12H2,1H3/t16?,17?,18?,19?,20?,21?,22-,23+,24+,25?,26-/m0/s1. The first-order valence-corrected chi connectivity index (χ1v) is 14.5. The van der Waals surface area contributed by atoms with Crippen LogP contribution in [-0.2, 0) is 38.0 Å². The van der Waals surface area contributed by atoms with Gasteiger partial charge in [0.1, 0.15) is 48.8 Å². The minimum Gasteiger partial charge on any atom is -0.387 e. The van der Waals surface area contributed by atoms with Gasteiger partial charge in [0, 0.05) is 10.5 Å². The zero-order valence-corrected chi connectivity index (χ0v) is 23.1. The first kappa shape index (κ1) is 30.7. The average Bonchev–Trinajstić information content (AvgIpc) is 2.99. The van der Waals surface area contributed by atoms with E-state index in [4.69, 9.17) is 33.4 Å². The molecule has 4 N–H and O–H groups in total. The van der Waals surface area contributed by atoms with Crippen LogP contribution in [0.2, 0.25) is 0 Å². The molecule has 0 bridgehead atoms. The van der Waals surface area contributed by atoms with Crippen molar-refractivity contribution in [1.82, 2.24) is 0 Å². The fourth-order valence-corrected chi connectivity index (χ4v) is 5.84. The third kappa shape index (κ3) is 6.45. The lowest BCUT2D eigenvalue weighted by atomic mass is 9.96. The quantitative estimate of drug-likeness (QED) is 0.138. The van der Waals surface area contributed by atoms with Gasteiger partial charge in [-0.15, -0.1) is 0 Å². The number of hydrogen-bond acceptors (Lipinski definition) is 13. The summed E-state index contributed by atoms with van der Waals surface area (Å²) in [5, 5.41) is 46.4. The zero-order chi connectivity index (χ0) is 30.0. The van der Waals surface area contributed by atoms with Crippen molar-refractivity contribution < 1.29 is 56.7 Å². The van der Waals surface area contributed by atoms with Crippen molar-refractivity contribution in [3.63, 3.8) is 0 Å². The van der Waals surface area contributed by atoms with Gasteiger partial charge in [-0.2, -0.15) is 8.42 Å². The Morgan fingerprint density at radius 1 is 0.952 bits per heavy atom. The molecular weight excluding hydrogens is 578 g/mol. The molecule has 3 saturated heterocycles. The van der Waals surface area contributed by atoms with E-state index in [9.17, 15) is 28.8 Å². The number of nitrogens with zero attached hydrogens (tertiary/aromatic N) is 3. The number of rotatable bonds is 8. The number of aliphatic hydroxyl groups excluding tert-OH is 4. The van der Waals surface area contributed by atoms with Crippen LogP contribution < -0.4 is 0 Å². The van der Waals surface area contributed by atoms with Crippen LogP contribution in [0.1, 0.15) is 17.4 Å². The summed E-state index contributed by atoms with van der Waals surface area (Å²) in [6, 6.07) is 14.8. The Morgan fingerprint density at radius 2 is 1.67 bits per heavy atom. The van der Waals surface area contributed by atoms with Crippen LogP contribution >= 0.6 is 0 Å². The second-order valence-electron chi connectivity index (χ2n) is 10.1. The van der Waals surface area contributed by atoms with Crippen LogP contribution in [-0.4, -0.2) is 103 Å². The largest absolute Gasteiger partial charge is 0.387 e. The lowest BCUT2D eigenvalue weighted by Gasteiger charge is -2.48. The van der Waals surface area contributed by atoms with E-state index in [-0.39, 0.29) is 11.5 Å². The van der Waals surface area contributed by atoms with Gasteiger partial charge in [-0.25, -0.2) is 0 Å². The molecule has 228 valence electrons. The fraction of sp³-hybridized carbons (Fsp3) is 0.538. The van der Waals surface area contributed by atoms with Crippen LogP contribution in [0.4, 0.5) is 0 Å². The number of benzene rings is 2. The van der Waals surface area contributed by atoms with Gasteiger partial charge >= 0.3 is 0 Å². The van der Waals surface area contributed by atoms with Gasteiger partial charge in [-0.3, -0.25) is 4.18 Å². The summed E-state index contributed by atoms with van der Waals surface area (Å²) < 4.78 is 59.5. The van der Waals surface area contributed by atoms with Crippen molar-refractivity contribution in [3.8, 4) is 0 Å². The molecule has 0 aliphatic carbocycles. The van der Waals surface area contributed by atoms with Crippen molar-refractivity contribution in [2.45, 2.75) is 79.5 Å². The summed E-state index contributed by atoms with van der Waals surface area (Å²) in [4.78, 5) is 2.44. The Balaban J connectivity index is 1.31. The van der Waals surface area contributed by atoms with Gasteiger partial charge in [0.2, 0.25) is 0 Å². The lowest BCUT2D eigenvalue weighted by Crippen LogP contribution is -2.65. The number of azide groups is 1. The van der Waals surface area contributed by atoms with E-state index in [1.165, 1.54) is 12.1 Å². The van der Waals surface area contributed by atoms with Crippen LogP contribution in [0.5, 0.6) is 0 Å². The number of fused-ring (bicyclic) bond motifs is 1. The summed E-state index contributed by atoms with van der Waals surface area (Å²) in [5.41, 5.74) is 10.4. The van der Waals surface area contributed by atoms with Crippen molar-refractivity contribution in [3.05, 3.63) is 76.2 Å². The summed E-state index contributed by atoms with van der Waals surface area (Å²) in [5.74, 6) is 0. The van der Waals surface area contributed by atoms with E-state index in [0.717, 1.165) is 5.56 Å². The minimum atomic E-state index is -4.29. The molecule has 3 heterocycles.